The fourth-order valence-corrected chi connectivity index (χ4v) is 3.80. The van der Waals surface area contributed by atoms with Crippen molar-refractivity contribution in [3.63, 3.8) is 0 Å². The number of likely N-dealkylation sites (tertiary alicyclic amines) is 1. The van der Waals surface area contributed by atoms with Crippen molar-refractivity contribution in [1.82, 2.24) is 10.2 Å². The Morgan fingerprint density at radius 1 is 0.935 bits per heavy atom. The lowest BCUT2D eigenvalue weighted by molar-refractivity contribution is 0.0683. The first-order valence-electron chi connectivity index (χ1n) is 10.9. The molecule has 1 saturated heterocycles. The molecule has 0 amide bonds. The minimum atomic E-state index is -0.847. The Hall–Kier alpha value is -2.22. The molecular weight excluding hydrogens is 402 g/mol. The summed E-state index contributed by atoms with van der Waals surface area (Å²) in [5.74, 6) is -0.517. The van der Waals surface area contributed by atoms with Crippen LogP contribution in [-0.2, 0) is 13.1 Å². The van der Waals surface area contributed by atoms with Crippen LogP contribution in [0.25, 0.3) is 0 Å². The summed E-state index contributed by atoms with van der Waals surface area (Å²) < 4.78 is 37.6. The second kappa shape index (κ2) is 12.0. The van der Waals surface area contributed by atoms with E-state index in [2.05, 4.69) is 10.2 Å². The van der Waals surface area contributed by atoms with Crippen molar-refractivity contribution >= 4 is 0 Å². The first kappa shape index (κ1) is 23.4. The van der Waals surface area contributed by atoms with Gasteiger partial charge in [0.15, 0.2) is 23.1 Å². The average molecular weight is 435 g/mol. The highest BCUT2D eigenvalue weighted by atomic mass is 19.2. The zero-order chi connectivity index (χ0) is 22.1. The van der Waals surface area contributed by atoms with Crippen molar-refractivity contribution in [2.75, 3.05) is 33.4 Å². The van der Waals surface area contributed by atoms with E-state index in [0.29, 0.717) is 36.7 Å². The van der Waals surface area contributed by atoms with Crippen LogP contribution in [0.4, 0.5) is 8.78 Å². The summed E-state index contributed by atoms with van der Waals surface area (Å²) in [6.45, 7) is 3.85. The fraction of sp³-hybridized carbons (Fsp3) is 0.500. The highest BCUT2D eigenvalue weighted by Gasteiger charge is 2.15. The lowest BCUT2D eigenvalue weighted by Gasteiger charge is -2.23. The number of β-amino-alcohol motifs (C(OH)–C–C–N with tert-alkyl or cyclic N) is 1. The van der Waals surface area contributed by atoms with Gasteiger partial charge in [0.2, 0.25) is 0 Å². The number of benzene rings is 2. The Balaban J connectivity index is 1.47. The maximum absolute atomic E-state index is 13.3. The minimum Gasteiger partial charge on any atom is -0.493 e. The van der Waals surface area contributed by atoms with E-state index in [4.69, 9.17) is 9.47 Å². The summed E-state index contributed by atoms with van der Waals surface area (Å²) in [5.41, 5.74) is 1.64. The molecule has 170 valence electrons. The summed E-state index contributed by atoms with van der Waals surface area (Å²) in [5, 5.41) is 13.6. The fourth-order valence-electron chi connectivity index (χ4n) is 3.80. The number of aliphatic hydroxyl groups is 1. The molecule has 3 rings (SSSR count). The predicted octanol–water partition coefficient (Wildman–Crippen LogP) is 3.88. The Bertz CT molecular complexity index is 826. The molecule has 2 aromatic rings. The van der Waals surface area contributed by atoms with Crippen LogP contribution < -0.4 is 14.8 Å². The Morgan fingerprint density at radius 2 is 1.61 bits per heavy atom. The third-order valence-electron chi connectivity index (χ3n) is 5.47. The van der Waals surface area contributed by atoms with Gasteiger partial charge >= 0.3 is 0 Å². The van der Waals surface area contributed by atoms with Gasteiger partial charge in [0.25, 0.3) is 0 Å². The van der Waals surface area contributed by atoms with Crippen LogP contribution in [0.5, 0.6) is 11.5 Å². The molecule has 1 fully saturated rings. The van der Waals surface area contributed by atoms with Gasteiger partial charge in [-0.2, -0.15) is 0 Å². The van der Waals surface area contributed by atoms with Crippen molar-refractivity contribution in [1.29, 1.82) is 0 Å². The van der Waals surface area contributed by atoms with Crippen LogP contribution in [0.1, 0.15) is 36.8 Å². The quantitative estimate of drug-likeness (QED) is 0.595. The number of halogens is 2. The molecule has 0 spiro atoms. The van der Waals surface area contributed by atoms with Crippen molar-refractivity contribution in [2.45, 2.75) is 44.9 Å². The number of nitrogens with one attached hydrogen (secondary N) is 1. The van der Waals surface area contributed by atoms with Gasteiger partial charge < -0.3 is 24.8 Å². The molecule has 2 N–H and O–H groups in total. The van der Waals surface area contributed by atoms with E-state index >= 15 is 0 Å². The monoisotopic (exact) mass is 434 g/mol. The SMILES string of the molecule is COc1cc(CNCc2ccc(F)c(F)c2)ccc1OCC(O)CN1CCCCCC1. The maximum atomic E-state index is 13.3. The number of rotatable bonds is 10. The number of hydrogen-bond acceptors (Lipinski definition) is 5. The number of hydrogen-bond donors (Lipinski definition) is 2. The second-order valence-electron chi connectivity index (χ2n) is 8.02. The van der Waals surface area contributed by atoms with Crippen molar-refractivity contribution in [3.05, 3.63) is 59.2 Å². The molecule has 31 heavy (non-hydrogen) atoms. The molecule has 0 aromatic heterocycles. The van der Waals surface area contributed by atoms with E-state index in [0.717, 1.165) is 24.7 Å². The minimum absolute atomic E-state index is 0.209. The molecule has 1 atom stereocenters. The largest absolute Gasteiger partial charge is 0.493 e. The Kier molecular flexibility index (Phi) is 9.06. The number of nitrogens with zero attached hydrogens (tertiary/aromatic N) is 1. The van der Waals surface area contributed by atoms with Gasteiger partial charge in [-0.25, -0.2) is 8.78 Å². The summed E-state index contributed by atoms with van der Waals surface area (Å²) in [6.07, 6.45) is 4.35. The molecule has 2 aromatic carbocycles. The molecule has 0 aliphatic carbocycles. The lowest BCUT2D eigenvalue weighted by Crippen LogP contribution is -2.36. The third-order valence-corrected chi connectivity index (χ3v) is 5.47. The van der Waals surface area contributed by atoms with Crippen LogP contribution in [0.2, 0.25) is 0 Å². The molecule has 1 heterocycles. The van der Waals surface area contributed by atoms with Crippen LogP contribution in [0.15, 0.2) is 36.4 Å². The van der Waals surface area contributed by atoms with E-state index in [-0.39, 0.29) is 6.61 Å². The average Bonchev–Trinajstić information content (AvgIpc) is 3.03. The summed E-state index contributed by atoms with van der Waals surface area (Å²) >= 11 is 0. The second-order valence-corrected chi connectivity index (χ2v) is 8.02. The Morgan fingerprint density at radius 3 is 2.29 bits per heavy atom. The van der Waals surface area contributed by atoms with Gasteiger partial charge in [-0.3, -0.25) is 0 Å². The molecule has 1 unspecified atom stereocenters. The molecule has 7 heteroatoms. The van der Waals surface area contributed by atoms with Crippen LogP contribution >= 0.6 is 0 Å². The molecule has 0 radical (unpaired) electrons. The normalized spacial score (nSPS) is 16.0. The van der Waals surface area contributed by atoms with Crippen molar-refractivity contribution in [2.24, 2.45) is 0 Å². The highest BCUT2D eigenvalue weighted by molar-refractivity contribution is 5.43. The van der Waals surface area contributed by atoms with E-state index in [1.54, 1.807) is 13.2 Å². The number of ether oxygens (including phenoxy) is 2. The van der Waals surface area contributed by atoms with Gasteiger partial charge in [-0.15, -0.1) is 0 Å². The Labute approximate surface area is 183 Å². The van der Waals surface area contributed by atoms with Crippen molar-refractivity contribution in [3.8, 4) is 11.5 Å². The molecule has 5 nitrogen and oxygen atoms in total. The summed E-state index contributed by atoms with van der Waals surface area (Å²) in [7, 11) is 1.58. The highest BCUT2D eigenvalue weighted by Crippen LogP contribution is 2.28. The van der Waals surface area contributed by atoms with Crippen molar-refractivity contribution < 1.29 is 23.4 Å². The van der Waals surface area contributed by atoms with Gasteiger partial charge in [0.05, 0.1) is 7.11 Å². The standard InChI is InChI=1S/C24H32F2N2O3/c1-30-24-13-19(15-27-14-18-6-8-21(25)22(26)12-18)7-9-23(24)31-17-20(29)16-28-10-4-2-3-5-11-28/h6-9,12-13,20,27,29H,2-5,10-11,14-17H2,1H3. The zero-order valence-electron chi connectivity index (χ0n) is 18.1. The lowest BCUT2D eigenvalue weighted by atomic mass is 10.1. The van der Waals surface area contributed by atoms with E-state index < -0.39 is 17.7 Å². The maximum Gasteiger partial charge on any atom is 0.161 e. The number of methoxy groups -OCH3 is 1. The molecule has 0 saturated carbocycles. The summed E-state index contributed by atoms with van der Waals surface area (Å²) in [6, 6.07) is 9.48. The van der Waals surface area contributed by atoms with E-state index in [1.165, 1.54) is 31.7 Å². The molecular formula is C24H32F2N2O3. The molecule has 0 bridgehead atoms. The van der Waals surface area contributed by atoms with Crippen LogP contribution in [-0.4, -0.2) is 49.5 Å². The first-order chi connectivity index (χ1) is 15.0. The molecule has 1 aliphatic heterocycles. The summed E-state index contributed by atoms with van der Waals surface area (Å²) in [4.78, 5) is 2.31. The van der Waals surface area contributed by atoms with Gasteiger partial charge in [-0.1, -0.05) is 25.0 Å². The zero-order valence-corrected chi connectivity index (χ0v) is 18.1. The topological polar surface area (TPSA) is 54.0 Å². The van der Waals surface area contributed by atoms with Gasteiger partial charge in [0, 0.05) is 19.6 Å². The van der Waals surface area contributed by atoms with Gasteiger partial charge in [-0.05, 0) is 61.3 Å². The van der Waals surface area contributed by atoms with Crippen LogP contribution in [0.3, 0.4) is 0 Å². The van der Waals surface area contributed by atoms with E-state index in [1.807, 2.05) is 18.2 Å². The number of aliphatic hydroxyl groups excluding tert-OH is 1. The van der Waals surface area contributed by atoms with E-state index in [9.17, 15) is 13.9 Å². The third kappa shape index (κ3) is 7.45. The first-order valence-corrected chi connectivity index (χ1v) is 10.9. The van der Waals surface area contributed by atoms with Crippen LogP contribution in [0, 0.1) is 11.6 Å². The molecule has 1 aliphatic rings. The predicted molar refractivity (Wildman–Crippen MR) is 116 cm³/mol. The smallest absolute Gasteiger partial charge is 0.161 e. The van der Waals surface area contributed by atoms with Gasteiger partial charge in [0.1, 0.15) is 12.7 Å².